The van der Waals surface area contributed by atoms with Gasteiger partial charge in [0.15, 0.2) is 6.29 Å². The molecule has 1 rings (SSSR count). The molecule has 0 aromatic rings. The fourth-order valence-corrected chi connectivity index (χ4v) is 9.16. The van der Waals surface area contributed by atoms with Gasteiger partial charge >= 0.3 is 0 Å². The van der Waals surface area contributed by atoms with Gasteiger partial charge in [-0.2, -0.15) is 0 Å². The molecule has 9 atom stereocenters. The van der Waals surface area contributed by atoms with Gasteiger partial charge < -0.3 is 50.5 Å². The Balaban J connectivity index is 2.27. The summed E-state index contributed by atoms with van der Waals surface area (Å²) in [7, 11) is 0. The Kier molecular flexibility index (Phi) is 44.8. The summed E-state index contributed by atoms with van der Waals surface area (Å²) >= 11 is 0. The van der Waals surface area contributed by atoms with Crippen LogP contribution in [0.25, 0.3) is 0 Å². The molecule has 11 heteroatoms. The van der Waals surface area contributed by atoms with Gasteiger partial charge in [0.05, 0.1) is 25.4 Å². The predicted octanol–water partition coefficient (Wildman–Crippen LogP) is 11.9. The number of carbonyl (C=O) groups excluding carboxylic acids is 1. The molecular formula is C58H109NO10. The number of amides is 1. The minimum atomic E-state index is -1.67. The second kappa shape index (κ2) is 47.3. The topological polar surface area (TPSA) is 189 Å². The quantitative estimate of drug-likeness (QED) is 0.0215. The molecule has 1 heterocycles. The van der Waals surface area contributed by atoms with Crippen LogP contribution in [0.1, 0.15) is 258 Å². The van der Waals surface area contributed by atoms with E-state index in [1.54, 1.807) is 0 Å². The number of allylic oxidation sites excluding steroid dienone is 6. The Bertz CT molecular complexity index is 1210. The first-order valence-corrected chi connectivity index (χ1v) is 28.9. The zero-order valence-corrected chi connectivity index (χ0v) is 44.3. The molecule has 0 radical (unpaired) electrons. The van der Waals surface area contributed by atoms with Crippen LogP contribution in [0.5, 0.6) is 0 Å². The normalized spacial score (nSPS) is 20.6. The van der Waals surface area contributed by atoms with Gasteiger partial charge in [0, 0.05) is 0 Å². The number of rotatable bonds is 49. The molecule has 1 saturated heterocycles. The van der Waals surface area contributed by atoms with E-state index in [9.17, 15) is 40.5 Å². The van der Waals surface area contributed by atoms with E-state index in [0.29, 0.717) is 19.3 Å². The van der Waals surface area contributed by atoms with Crippen LogP contribution in [-0.4, -0.2) is 110 Å². The molecule has 0 aromatic carbocycles. The van der Waals surface area contributed by atoms with Crippen LogP contribution >= 0.6 is 0 Å². The molecule has 406 valence electrons. The summed E-state index contributed by atoms with van der Waals surface area (Å²) in [5.74, 6) is -0.710. The highest BCUT2D eigenvalue weighted by atomic mass is 16.7. The summed E-state index contributed by atoms with van der Waals surface area (Å²) in [6.45, 7) is 3.43. The second-order valence-corrected chi connectivity index (χ2v) is 20.3. The summed E-state index contributed by atoms with van der Waals surface area (Å²) in [4.78, 5) is 13.2. The van der Waals surface area contributed by atoms with Crippen molar-refractivity contribution in [2.75, 3.05) is 13.2 Å². The van der Waals surface area contributed by atoms with E-state index >= 15 is 0 Å². The third-order valence-corrected chi connectivity index (χ3v) is 13.9. The monoisotopic (exact) mass is 980 g/mol. The van der Waals surface area contributed by atoms with Gasteiger partial charge in [-0.05, 0) is 77.0 Å². The van der Waals surface area contributed by atoms with Crippen LogP contribution in [0.15, 0.2) is 36.5 Å². The number of aliphatic hydroxyl groups excluding tert-OH is 7. The van der Waals surface area contributed by atoms with Gasteiger partial charge in [-0.1, -0.05) is 217 Å². The minimum Gasteiger partial charge on any atom is -0.394 e. The number of hydrogen-bond donors (Lipinski definition) is 8. The van der Waals surface area contributed by atoms with Crippen molar-refractivity contribution in [1.29, 1.82) is 0 Å². The van der Waals surface area contributed by atoms with Gasteiger partial charge in [-0.3, -0.25) is 4.79 Å². The lowest BCUT2D eigenvalue weighted by Crippen LogP contribution is -2.60. The molecule has 69 heavy (non-hydrogen) atoms. The highest BCUT2D eigenvalue weighted by Crippen LogP contribution is 2.23. The SMILES string of the molecule is CCCCCCC/C=C/CC/C=C/CCCC(O)C(O)C(COC1OC(CO)C(O)C(O)C1O)NC(=O)C(O)CCCCCCCCCCCCCC/C=C\CCCCCCCCCCCCCC. The summed E-state index contributed by atoms with van der Waals surface area (Å²) in [6.07, 6.45) is 46.4. The molecule has 1 fully saturated rings. The van der Waals surface area contributed by atoms with Crippen LogP contribution in [-0.2, 0) is 14.3 Å². The Morgan fingerprint density at radius 1 is 0.493 bits per heavy atom. The minimum absolute atomic E-state index is 0.246. The average Bonchev–Trinajstić information content (AvgIpc) is 3.35. The van der Waals surface area contributed by atoms with Gasteiger partial charge in [0.1, 0.15) is 36.6 Å². The third kappa shape index (κ3) is 36.0. The predicted molar refractivity (Wildman–Crippen MR) is 284 cm³/mol. The lowest BCUT2D eigenvalue weighted by Gasteiger charge is -2.40. The Morgan fingerprint density at radius 2 is 0.870 bits per heavy atom. The summed E-state index contributed by atoms with van der Waals surface area (Å²) in [6, 6.07) is -1.19. The van der Waals surface area contributed by atoms with Crippen LogP contribution < -0.4 is 5.32 Å². The zero-order valence-electron chi connectivity index (χ0n) is 44.3. The first-order chi connectivity index (χ1) is 33.7. The van der Waals surface area contributed by atoms with E-state index in [1.165, 1.54) is 173 Å². The van der Waals surface area contributed by atoms with Crippen molar-refractivity contribution in [3.05, 3.63) is 36.5 Å². The summed E-state index contributed by atoms with van der Waals surface area (Å²) in [5.41, 5.74) is 0. The lowest BCUT2D eigenvalue weighted by atomic mass is 9.98. The van der Waals surface area contributed by atoms with Crippen molar-refractivity contribution in [3.8, 4) is 0 Å². The van der Waals surface area contributed by atoms with Gasteiger partial charge in [-0.15, -0.1) is 0 Å². The van der Waals surface area contributed by atoms with E-state index < -0.39 is 74.2 Å². The first-order valence-electron chi connectivity index (χ1n) is 28.9. The molecule has 0 bridgehead atoms. The highest BCUT2D eigenvalue weighted by Gasteiger charge is 2.44. The van der Waals surface area contributed by atoms with E-state index in [1.807, 2.05) is 0 Å². The van der Waals surface area contributed by atoms with Crippen LogP contribution in [0, 0.1) is 0 Å². The maximum Gasteiger partial charge on any atom is 0.249 e. The Hall–Kier alpha value is -1.67. The number of carbonyl (C=O) groups is 1. The fourth-order valence-electron chi connectivity index (χ4n) is 9.16. The van der Waals surface area contributed by atoms with Crippen LogP contribution in [0.4, 0.5) is 0 Å². The molecule has 1 amide bonds. The number of hydrogen-bond acceptors (Lipinski definition) is 10. The fraction of sp³-hybridized carbons (Fsp3) is 0.879. The number of unbranched alkanes of at least 4 members (excludes halogenated alkanes) is 31. The second-order valence-electron chi connectivity index (χ2n) is 20.3. The third-order valence-electron chi connectivity index (χ3n) is 13.9. The maximum atomic E-state index is 13.2. The van der Waals surface area contributed by atoms with Gasteiger partial charge in [-0.25, -0.2) is 0 Å². The van der Waals surface area contributed by atoms with E-state index in [4.69, 9.17) is 9.47 Å². The van der Waals surface area contributed by atoms with Crippen molar-refractivity contribution in [2.24, 2.45) is 0 Å². The molecule has 1 aliphatic rings. The number of nitrogens with one attached hydrogen (secondary N) is 1. The molecule has 0 saturated carbocycles. The van der Waals surface area contributed by atoms with Crippen molar-refractivity contribution in [1.82, 2.24) is 5.32 Å². The van der Waals surface area contributed by atoms with Crippen LogP contribution in [0.3, 0.4) is 0 Å². The van der Waals surface area contributed by atoms with Crippen molar-refractivity contribution in [3.63, 3.8) is 0 Å². The lowest BCUT2D eigenvalue weighted by molar-refractivity contribution is -0.303. The molecule has 11 nitrogen and oxygen atoms in total. The first kappa shape index (κ1) is 65.3. The van der Waals surface area contributed by atoms with Gasteiger partial charge in [0.2, 0.25) is 5.91 Å². The molecular weight excluding hydrogens is 871 g/mol. The van der Waals surface area contributed by atoms with Gasteiger partial charge in [0.25, 0.3) is 0 Å². The molecule has 0 aromatic heterocycles. The summed E-state index contributed by atoms with van der Waals surface area (Å²) < 4.78 is 11.1. The van der Waals surface area contributed by atoms with E-state index in [0.717, 1.165) is 38.5 Å². The van der Waals surface area contributed by atoms with Crippen molar-refractivity contribution >= 4 is 5.91 Å². The molecule has 8 N–H and O–H groups in total. The zero-order chi connectivity index (χ0) is 50.4. The standard InChI is InChI=1S/C58H109NO10/c1-3-5-7-9-11-13-15-17-19-20-21-22-23-24-25-26-27-28-29-30-31-32-34-36-38-40-42-44-46-51(62)57(67)59-49(48-68-58-56(66)55(65)54(64)52(47-60)69-58)53(63)50(61)45-43-41-39-37-35-33-18-16-14-12-10-8-6-4-2/h16,18,24-25,37,39,49-56,58,60-66H,3-15,17,19-23,26-36,38,40-48H2,1-2H3,(H,59,67)/b18-16+,25-24-,39-37+. The average molecular weight is 981 g/mol. The molecule has 0 spiro atoms. The van der Waals surface area contributed by atoms with Crippen molar-refractivity contribution < 1.29 is 50.0 Å². The Labute approximate surface area is 422 Å². The Morgan fingerprint density at radius 3 is 1.29 bits per heavy atom. The van der Waals surface area contributed by atoms with E-state index in [2.05, 4.69) is 55.6 Å². The smallest absolute Gasteiger partial charge is 0.249 e. The van der Waals surface area contributed by atoms with Crippen molar-refractivity contribution in [2.45, 2.75) is 313 Å². The maximum absolute atomic E-state index is 13.2. The summed E-state index contributed by atoms with van der Waals surface area (Å²) in [5, 5.41) is 76.0. The highest BCUT2D eigenvalue weighted by molar-refractivity contribution is 5.80. The molecule has 1 aliphatic heterocycles. The largest absolute Gasteiger partial charge is 0.394 e. The van der Waals surface area contributed by atoms with E-state index in [-0.39, 0.29) is 12.8 Å². The molecule has 0 aliphatic carbocycles. The molecule has 9 unspecified atom stereocenters. The van der Waals surface area contributed by atoms with Crippen LogP contribution in [0.2, 0.25) is 0 Å². The number of ether oxygens (including phenoxy) is 2. The number of aliphatic hydroxyl groups is 7.